The van der Waals surface area contributed by atoms with Gasteiger partial charge in [0, 0.05) is 18.5 Å². The van der Waals surface area contributed by atoms with Crippen molar-refractivity contribution in [3.8, 4) is 0 Å². The summed E-state index contributed by atoms with van der Waals surface area (Å²) in [6.45, 7) is 11.4. The monoisotopic (exact) mass is 358 g/mol. The molecule has 0 radical (unpaired) electrons. The minimum Gasteiger partial charge on any atom is -0.443 e. The second-order valence-corrected chi connectivity index (χ2v) is 7.03. The lowest BCUT2D eigenvalue weighted by atomic mass is 9.94. The van der Waals surface area contributed by atoms with E-state index in [9.17, 15) is 0 Å². The molecule has 0 spiro atoms. The smallest absolute Gasteiger partial charge is 0.216 e. The van der Waals surface area contributed by atoms with Crippen molar-refractivity contribution in [2.75, 3.05) is 19.7 Å². The van der Waals surface area contributed by atoms with E-state index in [0.29, 0.717) is 32.2 Å². The summed E-state index contributed by atoms with van der Waals surface area (Å²) in [6.07, 6.45) is 1.78. The average molecular weight is 358 g/mol. The normalized spacial score (nSPS) is 12.2. The van der Waals surface area contributed by atoms with Crippen LogP contribution in [0.5, 0.6) is 0 Å². The van der Waals surface area contributed by atoms with Gasteiger partial charge in [-0.15, -0.1) is 0 Å². The number of hydrogen-bond acceptors (Lipinski definition) is 4. The molecule has 0 aliphatic heterocycles. The van der Waals surface area contributed by atoms with Gasteiger partial charge in [-0.05, 0) is 12.5 Å². The molecule has 6 heteroatoms. The van der Waals surface area contributed by atoms with Crippen molar-refractivity contribution in [2.45, 2.75) is 46.3 Å². The molecule has 0 aliphatic rings. The van der Waals surface area contributed by atoms with Crippen LogP contribution in [0.3, 0.4) is 0 Å². The van der Waals surface area contributed by atoms with Gasteiger partial charge in [0.05, 0.1) is 19.4 Å². The Hall–Kier alpha value is -2.34. The quantitative estimate of drug-likeness (QED) is 0.431. The fraction of sp³-hybridized carbons (Fsp3) is 0.500. The van der Waals surface area contributed by atoms with Crippen molar-refractivity contribution >= 4 is 5.96 Å². The highest BCUT2D eigenvalue weighted by atomic mass is 16.5. The molecular weight excluding hydrogens is 328 g/mol. The number of oxazole rings is 1. The van der Waals surface area contributed by atoms with Gasteiger partial charge in [-0.3, -0.25) is 0 Å². The third-order valence-corrected chi connectivity index (χ3v) is 3.66. The van der Waals surface area contributed by atoms with Crippen LogP contribution in [0.4, 0.5) is 0 Å². The summed E-state index contributed by atoms with van der Waals surface area (Å²) in [5.41, 5.74) is 1.12. The SMILES string of the molecule is CCNC(=NCc1ncc(C(C)(C)C)o1)NCCOCc1ccccc1. The minimum atomic E-state index is -0.0478. The lowest BCUT2D eigenvalue weighted by Gasteiger charge is -2.13. The van der Waals surface area contributed by atoms with Crippen LogP contribution in [0.2, 0.25) is 0 Å². The third-order valence-electron chi connectivity index (χ3n) is 3.66. The Bertz CT molecular complexity index is 675. The second kappa shape index (κ2) is 9.97. The van der Waals surface area contributed by atoms with Crippen LogP contribution >= 0.6 is 0 Å². The summed E-state index contributed by atoms with van der Waals surface area (Å²) >= 11 is 0. The van der Waals surface area contributed by atoms with Gasteiger partial charge in [0.15, 0.2) is 5.96 Å². The summed E-state index contributed by atoms with van der Waals surface area (Å²) in [5, 5.41) is 6.47. The Kier molecular flexibility index (Phi) is 7.66. The molecule has 26 heavy (non-hydrogen) atoms. The topological polar surface area (TPSA) is 71.7 Å². The van der Waals surface area contributed by atoms with Crippen LogP contribution in [0.15, 0.2) is 45.9 Å². The zero-order valence-electron chi connectivity index (χ0n) is 16.2. The molecule has 0 unspecified atom stereocenters. The molecular formula is C20H30N4O2. The molecule has 0 atom stereocenters. The summed E-state index contributed by atoms with van der Waals surface area (Å²) < 4.78 is 11.4. The van der Waals surface area contributed by atoms with Crippen LogP contribution in [-0.4, -0.2) is 30.6 Å². The Labute approximate surface area is 156 Å². The van der Waals surface area contributed by atoms with Crippen molar-refractivity contribution < 1.29 is 9.15 Å². The molecule has 0 amide bonds. The van der Waals surface area contributed by atoms with E-state index in [1.165, 1.54) is 5.56 Å². The summed E-state index contributed by atoms with van der Waals surface area (Å²) in [5.74, 6) is 2.22. The maximum atomic E-state index is 5.77. The first-order valence-electron chi connectivity index (χ1n) is 9.08. The van der Waals surface area contributed by atoms with E-state index in [4.69, 9.17) is 9.15 Å². The number of nitrogens with zero attached hydrogens (tertiary/aromatic N) is 2. The lowest BCUT2D eigenvalue weighted by Crippen LogP contribution is -2.39. The molecule has 1 aromatic carbocycles. The number of benzene rings is 1. The van der Waals surface area contributed by atoms with E-state index in [1.54, 1.807) is 6.20 Å². The molecule has 6 nitrogen and oxygen atoms in total. The summed E-state index contributed by atoms with van der Waals surface area (Å²) in [7, 11) is 0. The third kappa shape index (κ3) is 6.88. The Balaban J connectivity index is 1.76. The second-order valence-electron chi connectivity index (χ2n) is 7.03. The van der Waals surface area contributed by atoms with E-state index < -0.39 is 0 Å². The van der Waals surface area contributed by atoms with Gasteiger partial charge in [-0.2, -0.15) is 0 Å². The predicted molar refractivity (Wildman–Crippen MR) is 104 cm³/mol. The largest absolute Gasteiger partial charge is 0.443 e. The van der Waals surface area contributed by atoms with Crippen molar-refractivity contribution in [2.24, 2.45) is 4.99 Å². The fourth-order valence-corrected chi connectivity index (χ4v) is 2.22. The van der Waals surface area contributed by atoms with Crippen molar-refractivity contribution in [1.29, 1.82) is 0 Å². The van der Waals surface area contributed by atoms with Gasteiger partial charge in [0.1, 0.15) is 12.3 Å². The van der Waals surface area contributed by atoms with Crippen molar-refractivity contribution in [1.82, 2.24) is 15.6 Å². The first-order chi connectivity index (χ1) is 12.5. The maximum absolute atomic E-state index is 5.77. The Morgan fingerprint density at radius 3 is 2.62 bits per heavy atom. The standard InChI is InChI=1S/C20H30N4O2/c1-5-21-19(22-11-12-25-15-16-9-7-6-8-10-16)24-14-18-23-13-17(26-18)20(2,3)4/h6-10,13H,5,11-12,14-15H2,1-4H3,(H2,21,22,24). The van der Waals surface area contributed by atoms with Crippen LogP contribution in [-0.2, 0) is 23.3 Å². The van der Waals surface area contributed by atoms with Crippen LogP contribution < -0.4 is 10.6 Å². The molecule has 1 heterocycles. The summed E-state index contributed by atoms with van der Waals surface area (Å²) in [6, 6.07) is 10.1. The number of rotatable bonds is 8. The Morgan fingerprint density at radius 2 is 1.96 bits per heavy atom. The molecule has 1 aromatic heterocycles. The van der Waals surface area contributed by atoms with Crippen LogP contribution in [0.1, 0.15) is 44.9 Å². The maximum Gasteiger partial charge on any atom is 0.216 e. The van der Waals surface area contributed by atoms with Crippen molar-refractivity contribution in [3.63, 3.8) is 0 Å². The fourth-order valence-electron chi connectivity index (χ4n) is 2.22. The lowest BCUT2D eigenvalue weighted by molar-refractivity contribution is 0.125. The molecule has 2 N–H and O–H groups in total. The average Bonchev–Trinajstić information content (AvgIpc) is 3.09. The molecule has 0 bridgehead atoms. The Morgan fingerprint density at radius 1 is 1.19 bits per heavy atom. The van der Waals surface area contributed by atoms with E-state index in [2.05, 4.69) is 53.5 Å². The van der Waals surface area contributed by atoms with E-state index >= 15 is 0 Å². The van der Waals surface area contributed by atoms with E-state index in [1.807, 2.05) is 25.1 Å². The van der Waals surface area contributed by atoms with Crippen molar-refractivity contribution in [3.05, 3.63) is 53.7 Å². The van der Waals surface area contributed by atoms with E-state index in [0.717, 1.165) is 18.3 Å². The van der Waals surface area contributed by atoms with Gasteiger partial charge in [-0.25, -0.2) is 9.98 Å². The van der Waals surface area contributed by atoms with Gasteiger partial charge >= 0.3 is 0 Å². The zero-order chi connectivity index (χ0) is 18.8. The zero-order valence-corrected chi connectivity index (χ0v) is 16.2. The molecule has 0 fully saturated rings. The first kappa shape index (κ1) is 20.0. The van der Waals surface area contributed by atoms with Gasteiger partial charge in [-0.1, -0.05) is 51.1 Å². The number of hydrogen-bond donors (Lipinski definition) is 2. The number of nitrogens with one attached hydrogen (secondary N) is 2. The highest BCUT2D eigenvalue weighted by molar-refractivity contribution is 5.79. The number of aromatic nitrogens is 1. The van der Waals surface area contributed by atoms with E-state index in [-0.39, 0.29) is 5.41 Å². The van der Waals surface area contributed by atoms with Gasteiger partial charge in [0.25, 0.3) is 0 Å². The highest BCUT2D eigenvalue weighted by Crippen LogP contribution is 2.22. The van der Waals surface area contributed by atoms with Crippen LogP contribution in [0, 0.1) is 0 Å². The van der Waals surface area contributed by atoms with Crippen LogP contribution in [0.25, 0.3) is 0 Å². The molecule has 142 valence electrons. The number of aliphatic imine (C=N–C) groups is 1. The predicted octanol–water partition coefficient (Wildman–Crippen LogP) is 3.24. The molecule has 2 aromatic rings. The minimum absolute atomic E-state index is 0.0478. The number of ether oxygens (including phenoxy) is 1. The van der Waals surface area contributed by atoms with Gasteiger partial charge < -0.3 is 19.8 Å². The first-order valence-corrected chi connectivity index (χ1v) is 9.08. The summed E-state index contributed by atoms with van der Waals surface area (Å²) in [4.78, 5) is 8.82. The highest BCUT2D eigenvalue weighted by Gasteiger charge is 2.18. The molecule has 0 saturated carbocycles. The molecule has 2 rings (SSSR count). The van der Waals surface area contributed by atoms with Gasteiger partial charge in [0.2, 0.25) is 5.89 Å². The molecule has 0 saturated heterocycles. The molecule has 0 aliphatic carbocycles. The number of guanidine groups is 1.